The number of esters is 2. The molecule has 2 unspecified atom stereocenters. The fourth-order valence-corrected chi connectivity index (χ4v) is 0.603. The summed E-state index contributed by atoms with van der Waals surface area (Å²) in [5.41, 5.74) is 1.09. The topological polar surface area (TPSA) is 225 Å². The molecule has 0 radical (unpaired) electrons. The number of hydrogen-bond acceptors (Lipinski definition) is 10. The number of hydrogen-bond donors (Lipinski definition) is 6. The van der Waals surface area contributed by atoms with Gasteiger partial charge in [-0.05, 0) is 41.5 Å². The Balaban J connectivity index is -0.000000123. The standard InChI is InChI=1S/C7H12O4.C6H10O3.3C4H6O2/c1-5(2)7(10)11-4-6(9)3-8;1-4(2)6(8)9-5(3)7;3*1-3(2)4(5)6/h6,8-9H,1,3-4H2,2H3;5,7H,1H2,2-3H3;3*1H2,2H3,(H,5,6). The first-order valence-corrected chi connectivity index (χ1v) is 10.4. The van der Waals surface area contributed by atoms with Gasteiger partial charge in [0.1, 0.15) is 12.7 Å². The summed E-state index contributed by atoms with van der Waals surface area (Å²) in [5.74, 6) is -3.93. The van der Waals surface area contributed by atoms with E-state index in [2.05, 4.69) is 42.4 Å². The van der Waals surface area contributed by atoms with Crippen molar-refractivity contribution in [2.24, 2.45) is 0 Å². The summed E-state index contributed by atoms with van der Waals surface area (Å²) < 4.78 is 8.84. The maximum Gasteiger partial charge on any atom is 0.335 e. The smallest absolute Gasteiger partial charge is 0.335 e. The molecule has 218 valence electrons. The third kappa shape index (κ3) is 42.1. The van der Waals surface area contributed by atoms with Crippen molar-refractivity contribution in [3.05, 3.63) is 60.8 Å². The minimum absolute atomic E-state index is 0.176. The SMILES string of the molecule is C=C(C)C(=O)O.C=C(C)C(=O)O.C=C(C)C(=O)O.C=C(C)C(=O)OC(C)O.C=C(C)C(=O)OCC(O)CO. The van der Waals surface area contributed by atoms with Gasteiger partial charge in [0.05, 0.1) is 6.61 Å². The van der Waals surface area contributed by atoms with Crippen LogP contribution in [-0.2, 0) is 33.4 Å². The molecule has 13 heteroatoms. The van der Waals surface area contributed by atoms with E-state index in [0.717, 1.165) is 0 Å². The zero-order valence-corrected chi connectivity index (χ0v) is 22.6. The first kappa shape index (κ1) is 44.0. The van der Waals surface area contributed by atoms with Crippen LogP contribution in [-0.4, -0.2) is 86.1 Å². The van der Waals surface area contributed by atoms with Crippen LogP contribution in [0.4, 0.5) is 0 Å². The molecule has 0 aliphatic carbocycles. The first-order chi connectivity index (χ1) is 17.0. The van der Waals surface area contributed by atoms with E-state index in [1.165, 1.54) is 41.5 Å². The zero-order valence-electron chi connectivity index (χ0n) is 22.6. The molecule has 0 bridgehead atoms. The molecule has 0 heterocycles. The maximum atomic E-state index is 10.6. The van der Waals surface area contributed by atoms with Crippen LogP contribution in [0.3, 0.4) is 0 Å². The van der Waals surface area contributed by atoms with Crippen molar-refractivity contribution in [2.75, 3.05) is 13.2 Å². The van der Waals surface area contributed by atoms with Gasteiger partial charge in [0, 0.05) is 27.9 Å². The number of carboxylic acids is 3. The van der Waals surface area contributed by atoms with Crippen LogP contribution in [0.15, 0.2) is 60.8 Å². The van der Waals surface area contributed by atoms with Crippen LogP contribution in [0.2, 0.25) is 0 Å². The summed E-state index contributed by atoms with van der Waals surface area (Å²) in [5, 5.41) is 49.2. The third-order valence-corrected chi connectivity index (χ3v) is 2.69. The summed E-state index contributed by atoms with van der Waals surface area (Å²) in [6.07, 6.45) is -2.05. The fourth-order valence-electron chi connectivity index (χ4n) is 0.603. The van der Waals surface area contributed by atoms with Gasteiger partial charge in [-0.3, -0.25) is 0 Å². The Morgan fingerprint density at radius 2 is 0.895 bits per heavy atom. The lowest BCUT2D eigenvalue weighted by Crippen LogP contribution is -2.22. The van der Waals surface area contributed by atoms with Crippen molar-refractivity contribution in [1.29, 1.82) is 0 Å². The zero-order chi connectivity index (χ0) is 31.8. The van der Waals surface area contributed by atoms with Crippen LogP contribution >= 0.6 is 0 Å². The van der Waals surface area contributed by atoms with Gasteiger partial charge in [0.15, 0.2) is 6.29 Å². The van der Waals surface area contributed by atoms with Crippen molar-refractivity contribution in [2.45, 2.75) is 53.9 Å². The quantitative estimate of drug-likeness (QED) is 0.137. The molecule has 0 rings (SSSR count). The highest BCUT2D eigenvalue weighted by atomic mass is 16.6. The summed E-state index contributed by atoms with van der Waals surface area (Å²) >= 11 is 0. The molecular weight excluding hydrogens is 508 g/mol. The molecule has 0 fully saturated rings. The lowest BCUT2D eigenvalue weighted by Gasteiger charge is -2.07. The van der Waals surface area contributed by atoms with Gasteiger partial charge in [0.2, 0.25) is 0 Å². The molecule has 6 N–H and O–H groups in total. The molecule has 0 spiro atoms. The van der Waals surface area contributed by atoms with Crippen molar-refractivity contribution in [3.63, 3.8) is 0 Å². The Bertz CT molecular complexity index is 758. The van der Waals surface area contributed by atoms with E-state index in [1.807, 2.05) is 0 Å². The minimum atomic E-state index is -1.05. The van der Waals surface area contributed by atoms with Crippen LogP contribution in [0.5, 0.6) is 0 Å². The highest BCUT2D eigenvalue weighted by Crippen LogP contribution is 1.94. The van der Waals surface area contributed by atoms with E-state index in [-0.39, 0.29) is 34.5 Å². The van der Waals surface area contributed by atoms with Gasteiger partial charge in [-0.15, -0.1) is 0 Å². The van der Waals surface area contributed by atoms with Crippen molar-refractivity contribution < 1.29 is 64.1 Å². The summed E-state index contributed by atoms with van der Waals surface area (Å²) in [7, 11) is 0. The fraction of sp³-hybridized carbons (Fsp3) is 0.400. The molecule has 0 aromatic rings. The lowest BCUT2D eigenvalue weighted by molar-refractivity contribution is -0.159. The van der Waals surface area contributed by atoms with Crippen LogP contribution in [0.1, 0.15) is 41.5 Å². The van der Waals surface area contributed by atoms with Crippen molar-refractivity contribution >= 4 is 29.8 Å². The van der Waals surface area contributed by atoms with E-state index >= 15 is 0 Å². The Morgan fingerprint density at radius 1 is 0.632 bits per heavy atom. The number of carbonyl (C=O) groups is 5. The average Bonchev–Trinajstić information content (AvgIpc) is 2.77. The molecule has 0 saturated carbocycles. The molecule has 13 nitrogen and oxygen atoms in total. The monoisotopic (exact) mass is 548 g/mol. The molecule has 38 heavy (non-hydrogen) atoms. The Labute approximate surface area is 222 Å². The highest BCUT2D eigenvalue weighted by molar-refractivity contribution is 5.87. The lowest BCUT2D eigenvalue weighted by atomic mass is 10.3. The largest absolute Gasteiger partial charge is 0.478 e. The molecule has 0 saturated heterocycles. The Morgan fingerprint density at radius 3 is 1.03 bits per heavy atom. The predicted molar refractivity (Wildman–Crippen MR) is 139 cm³/mol. The van der Waals surface area contributed by atoms with Gasteiger partial charge in [-0.1, -0.05) is 32.9 Å². The first-order valence-electron chi connectivity index (χ1n) is 10.4. The van der Waals surface area contributed by atoms with E-state index in [1.54, 1.807) is 0 Å². The number of carbonyl (C=O) groups excluding carboxylic acids is 2. The molecule has 0 amide bonds. The second-order valence-corrected chi connectivity index (χ2v) is 7.26. The number of aliphatic hydroxyl groups excluding tert-OH is 3. The van der Waals surface area contributed by atoms with Crippen LogP contribution in [0, 0.1) is 0 Å². The van der Waals surface area contributed by atoms with Gasteiger partial charge in [-0.25, -0.2) is 24.0 Å². The van der Waals surface area contributed by atoms with E-state index in [9.17, 15) is 24.0 Å². The van der Waals surface area contributed by atoms with E-state index < -0.39 is 48.8 Å². The van der Waals surface area contributed by atoms with Gasteiger partial charge in [-0.2, -0.15) is 0 Å². The van der Waals surface area contributed by atoms with Gasteiger partial charge >= 0.3 is 29.8 Å². The molecule has 0 aliphatic rings. The third-order valence-electron chi connectivity index (χ3n) is 2.69. The summed E-state index contributed by atoms with van der Waals surface area (Å²) in [6, 6.07) is 0. The molecule has 0 aliphatic heterocycles. The second-order valence-electron chi connectivity index (χ2n) is 7.26. The molecule has 2 atom stereocenters. The highest BCUT2D eigenvalue weighted by Gasteiger charge is 2.07. The summed E-state index contributed by atoms with van der Waals surface area (Å²) in [4.78, 5) is 49.9. The molecule has 0 aromatic heterocycles. The number of carboxylic acid groups (broad SMARTS) is 3. The normalized spacial score (nSPS) is 10.0. The van der Waals surface area contributed by atoms with E-state index in [4.69, 9.17) is 30.6 Å². The number of rotatable bonds is 9. The average molecular weight is 549 g/mol. The van der Waals surface area contributed by atoms with Gasteiger partial charge < -0.3 is 40.1 Å². The van der Waals surface area contributed by atoms with Crippen molar-refractivity contribution in [1.82, 2.24) is 0 Å². The summed E-state index contributed by atoms with van der Waals surface area (Å²) in [6.45, 7) is 24.3. The minimum Gasteiger partial charge on any atom is -0.478 e. The maximum absolute atomic E-state index is 10.6. The molecule has 0 aromatic carbocycles. The second kappa shape index (κ2) is 26.0. The number of ether oxygens (including phenoxy) is 2. The number of aliphatic hydroxyl groups is 3. The molecular formula is C25H40O13. The predicted octanol–water partition coefficient (Wildman–Crippen LogP) is 1.84. The van der Waals surface area contributed by atoms with Crippen molar-refractivity contribution in [3.8, 4) is 0 Å². The Kier molecular flexibility index (Phi) is 30.1. The van der Waals surface area contributed by atoms with Crippen LogP contribution < -0.4 is 0 Å². The van der Waals surface area contributed by atoms with Gasteiger partial charge in [0.25, 0.3) is 0 Å². The number of aliphatic carboxylic acids is 3. The Hall–Kier alpha value is -4.07. The van der Waals surface area contributed by atoms with Crippen LogP contribution in [0.25, 0.3) is 0 Å². The van der Waals surface area contributed by atoms with E-state index in [0.29, 0.717) is 0 Å².